The highest BCUT2D eigenvalue weighted by Gasteiger charge is 2.52. The van der Waals surface area contributed by atoms with Gasteiger partial charge in [0.25, 0.3) is 0 Å². The maximum Gasteiger partial charge on any atom is 0.495 e. The van der Waals surface area contributed by atoms with E-state index in [4.69, 9.17) is 23.9 Å². The molecule has 0 atom stereocenters. The lowest BCUT2D eigenvalue weighted by atomic mass is 9.75. The molecule has 0 bridgehead atoms. The van der Waals surface area contributed by atoms with Crippen molar-refractivity contribution in [3.8, 4) is 40.5 Å². The molecule has 17 nitrogen and oxygen atoms in total. The Labute approximate surface area is 597 Å². The molecule has 1 saturated heterocycles. The second kappa shape index (κ2) is 39.0. The van der Waals surface area contributed by atoms with Gasteiger partial charge in [-0.25, -0.2) is 0 Å². The molecule has 0 aliphatic carbocycles. The zero-order valence-electron chi connectivity index (χ0n) is 55.9. The minimum Gasteiger partial charge on any atom is -0.481 e. The molecule has 21 heteroatoms. The van der Waals surface area contributed by atoms with E-state index >= 15 is 0 Å². The van der Waals surface area contributed by atoms with Crippen molar-refractivity contribution in [2.75, 3.05) is 25.2 Å². The van der Waals surface area contributed by atoms with Gasteiger partial charge in [0.1, 0.15) is 5.33 Å². The van der Waals surface area contributed by atoms with Crippen LogP contribution in [-0.4, -0.2) is 92.4 Å². The number of esters is 3. The molecule has 0 unspecified atom stereocenters. The molecule has 0 spiro atoms. The number of nitriles is 3. The molecule has 1 N–H and O–H groups in total. The fraction of sp³-hybridized carbons (Fsp3) is 0.260. The Balaban J connectivity index is 0.000000195. The Morgan fingerprint density at radius 3 is 1.22 bits per heavy atom. The predicted molar refractivity (Wildman–Crippen MR) is 393 cm³/mol. The zero-order chi connectivity index (χ0) is 71.2. The van der Waals surface area contributed by atoms with Crippen LogP contribution in [0.15, 0.2) is 192 Å². The Morgan fingerprint density at radius 1 is 0.469 bits per heavy atom. The van der Waals surface area contributed by atoms with E-state index in [-0.39, 0.29) is 35.5 Å². The lowest BCUT2D eigenvalue weighted by Gasteiger charge is -2.32. The number of carbonyl (C=O) groups is 4. The average molecular weight is 1510 g/mol. The minimum atomic E-state index is -0.822. The summed E-state index contributed by atoms with van der Waals surface area (Å²) in [5.74, 6) is -1.38. The SMILES string of the molecule is CC1(C)OB(c2ccc(C#N)c3ccccc23)OC1(C)C.CCOC(=O)CBr.CCOC(=O)CCc1ccncc1-c1ccc(C#N)c2ccccc12.CCOC(=O)CCc1ccncc1Br.Cc1ccncc1Br.N#Cc1ccc(-c2cnccc2CCC(=O)O)c2ccccc12. The molecule has 5 heterocycles. The number of hydrogen-bond donors (Lipinski definition) is 1. The van der Waals surface area contributed by atoms with E-state index in [1.165, 1.54) is 5.56 Å². The van der Waals surface area contributed by atoms with Gasteiger partial charge in [0.15, 0.2) is 0 Å². The van der Waals surface area contributed by atoms with Gasteiger partial charge in [-0.15, -0.1) is 0 Å². The Morgan fingerprint density at radius 2 is 0.837 bits per heavy atom. The van der Waals surface area contributed by atoms with E-state index in [2.05, 4.69) is 90.7 Å². The van der Waals surface area contributed by atoms with E-state index in [1.54, 1.807) is 70.2 Å². The molecule has 1 aliphatic heterocycles. The van der Waals surface area contributed by atoms with Crippen LogP contribution < -0.4 is 5.46 Å². The number of fused-ring (bicyclic) bond motifs is 3. The van der Waals surface area contributed by atoms with Crippen LogP contribution in [0.1, 0.15) is 107 Å². The zero-order valence-corrected chi connectivity index (χ0v) is 60.6. The molecule has 10 aromatic rings. The summed E-state index contributed by atoms with van der Waals surface area (Å²) in [5, 5.41) is 42.8. The fourth-order valence-electron chi connectivity index (χ4n) is 10.1. The van der Waals surface area contributed by atoms with Crippen LogP contribution in [0.2, 0.25) is 0 Å². The fourth-order valence-corrected chi connectivity index (χ4v) is 10.9. The van der Waals surface area contributed by atoms with Crippen LogP contribution >= 0.6 is 47.8 Å². The maximum atomic E-state index is 11.7. The van der Waals surface area contributed by atoms with Crippen LogP contribution in [0.5, 0.6) is 0 Å². The number of carbonyl (C=O) groups excluding carboxylic acids is 3. The molecule has 1 aliphatic rings. The molecule has 98 heavy (non-hydrogen) atoms. The summed E-state index contributed by atoms with van der Waals surface area (Å²) in [7, 11) is -0.410. The highest BCUT2D eigenvalue weighted by molar-refractivity contribution is 9.11. The Hall–Kier alpha value is -9.53. The van der Waals surface area contributed by atoms with Gasteiger partial charge in [0, 0.05) is 99.7 Å². The first-order chi connectivity index (χ1) is 47.1. The molecule has 11 rings (SSSR count). The molecule has 6 aromatic carbocycles. The molecule has 0 saturated carbocycles. The summed E-state index contributed by atoms with van der Waals surface area (Å²) < 4.78 is 28.6. The number of benzene rings is 6. The van der Waals surface area contributed by atoms with E-state index in [1.807, 2.05) is 168 Å². The van der Waals surface area contributed by atoms with Gasteiger partial charge in [-0.2, -0.15) is 15.8 Å². The highest BCUT2D eigenvalue weighted by Crippen LogP contribution is 2.38. The molecule has 502 valence electrons. The van der Waals surface area contributed by atoms with Crippen LogP contribution in [0.4, 0.5) is 0 Å². The van der Waals surface area contributed by atoms with E-state index in [9.17, 15) is 35.0 Å². The number of halogens is 3. The van der Waals surface area contributed by atoms with Crippen molar-refractivity contribution in [3.05, 3.63) is 231 Å². The van der Waals surface area contributed by atoms with Crippen LogP contribution in [0.3, 0.4) is 0 Å². The highest BCUT2D eigenvalue weighted by atomic mass is 79.9. The van der Waals surface area contributed by atoms with Crippen LogP contribution in [0.25, 0.3) is 54.6 Å². The van der Waals surface area contributed by atoms with Gasteiger partial charge in [0.05, 0.1) is 65.9 Å². The summed E-state index contributed by atoms with van der Waals surface area (Å²) in [6, 6.07) is 49.0. The normalized spacial score (nSPS) is 12.1. The Bertz CT molecular complexity index is 4480. The summed E-state index contributed by atoms with van der Waals surface area (Å²) >= 11 is 9.64. The van der Waals surface area contributed by atoms with Crippen LogP contribution in [0, 0.1) is 40.9 Å². The van der Waals surface area contributed by atoms with E-state index < -0.39 is 13.1 Å². The van der Waals surface area contributed by atoms with E-state index in [0.29, 0.717) is 73.9 Å². The predicted octanol–water partition coefficient (Wildman–Crippen LogP) is 16.5. The number of carboxylic acid groups (broad SMARTS) is 1. The standard InChI is InChI=1S/C21H18N2O2.C19H14N2O2.C17H18BNO2.C10H12BrNO2.C6H6BrN.C4H7BrO2/c1-2-25-21(24)10-8-15-11-12-23-14-20(15)19-9-7-16(13-22)17-5-3-4-6-18(17)19;20-11-14-5-7-17(16-4-2-1-3-15(14)16)18-12-21-10-9-13(18)6-8-19(22)23;1-16(2)17(3,4)21-18(20-16)15-10-9-12(11-19)13-7-5-6-8-14(13)15;1-2-14-10(13)4-3-8-5-6-12-7-9(8)11;1-5-2-3-8-4-6(5)7;1-2-7-4(6)3-5/h3-7,9,11-12,14H,2,8,10H2,1H3;1-5,7,9-10,12H,6,8H2,(H,22,23);5-10H,1-4H3;5-7H,2-4H2,1H3;2-4H,1H3;2-3H2,1H3. The largest absolute Gasteiger partial charge is 0.495 e. The third-order valence-electron chi connectivity index (χ3n) is 15.7. The number of nitrogens with zero attached hydrogens (tertiary/aromatic N) is 7. The van der Waals surface area contributed by atoms with Crippen molar-refractivity contribution in [2.45, 2.75) is 105 Å². The molecule has 0 amide bonds. The third-order valence-corrected chi connectivity index (χ3v) is 17.7. The van der Waals surface area contributed by atoms with Gasteiger partial charge in [-0.3, -0.25) is 39.1 Å². The van der Waals surface area contributed by atoms with E-state index in [0.717, 1.165) is 85.7 Å². The van der Waals surface area contributed by atoms with Crippen molar-refractivity contribution < 1.29 is 47.8 Å². The number of aliphatic carboxylic acids is 1. The monoisotopic (exact) mass is 1510 g/mol. The first-order valence-electron chi connectivity index (χ1n) is 31.5. The van der Waals surface area contributed by atoms with Crippen molar-refractivity contribution in [3.63, 3.8) is 0 Å². The lowest BCUT2D eigenvalue weighted by molar-refractivity contribution is -0.144. The molecular formula is C77H75BBr3N7O10. The van der Waals surface area contributed by atoms with Gasteiger partial charge < -0.3 is 28.6 Å². The first kappa shape index (κ1) is 77.5. The number of carboxylic acids is 1. The van der Waals surface area contributed by atoms with Crippen molar-refractivity contribution >= 4 is 117 Å². The second-order valence-electron chi connectivity index (χ2n) is 22.7. The first-order valence-corrected chi connectivity index (χ1v) is 34.2. The van der Waals surface area contributed by atoms with Gasteiger partial charge >= 0.3 is 31.0 Å². The number of hydrogen-bond acceptors (Lipinski definition) is 16. The van der Waals surface area contributed by atoms with Crippen molar-refractivity contribution in [2.24, 2.45) is 0 Å². The smallest absolute Gasteiger partial charge is 0.481 e. The van der Waals surface area contributed by atoms with Gasteiger partial charge in [-0.05, 0) is 209 Å². The second-order valence-corrected chi connectivity index (χ2v) is 25.0. The van der Waals surface area contributed by atoms with Gasteiger partial charge in [0.2, 0.25) is 0 Å². The number of rotatable bonds is 16. The average Bonchev–Trinajstić information content (AvgIpc) is 1.62. The number of aryl methyl sites for hydroxylation is 4. The number of ether oxygens (including phenoxy) is 3. The number of pyridine rings is 4. The summed E-state index contributed by atoms with van der Waals surface area (Å²) in [4.78, 5) is 60.1. The minimum absolute atomic E-state index is 0.0746. The van der Waals surface area contributed by atoms with Crippen molar-refractivity contribution in [1.82, 2.24) is 19.9 Å². The summed E-state index contributed by atoms with van der Waals surface area (Å²) in [5.41, 5.74) is 10.3. The molecular weight excluding hydrogens is 1430 g/mol. The Kier molecular flexibility index (Phi) is 30.9. The maximum absolute atomic E-state index is 11.7. The number of aromatic nitrogens is 4. The molecule has 1 fully saturated rings. The van der Waals surface area contributed by atoms with Gasteiger partial charge in [-0.1, -0.05) is 107 Å². The summed E-state index contributed by atoms with van der Waals surface area (Å²) in [6.07, 6.45) is 16.5. The summed E-state index contributed by atoms with van der Waals surface area (Å²) in [6.45, 7) is 16.9. The topological polar surface area (TPSA) is 258 Å². The molecule has 4 aromatic heterocycles. The molecule has 0 radical (unpaired) electrons. The lowest BCUT2D eigenvalue weighted by Crippen LogP contribution is -2.41. The van der Waals surface area contributed by atoms with Crippen LogP contribution in [-0.2, 0) is 62.0 Å². The van der Waals surface area contributed by atoms with Crippen molar-refractivity contribution in [1.29, 1.82) is 15.8 Å². The quantitative estimate of drug-likeness (QED) is 0.0408. The third kappa shape index (κ3) is 22.0. The number of alkyl halides is 1.